The molecule has 0 aliphatic rings. The fourth-order valence-corrected chi connectivity index (χ4v) is 1.69. The molecule has 0 aliphatic heterocycles. The molecule has 1 aromatic heterocycles. The van der Waals surface area contributed by atoms with Gasteiger partial charge in [0, 0.05) is 18.8 Å². The summed E-state index contributed by atoms with van der Waals surface area (Å²) >= 11 is 5.73. The van der Waals surface area contributed by atoms with Crippen LogP contribution < -0.4 is 15.8 Å². The highest BCUT2D eigenvalue weighted by atomic mass is 127. The first-order valence-electron chi connectivity index (χ1n) is 7.00. The van der Waals surface area contributed by atoms with E-state index in [0.717, 1.165) is 13.0 Å². The van der Waals surface area contributed by atoms with Crippen LogP contribution in [-0.4, -0.2) is 30.6 Å². The molecule has 0 spiro atoms. The Bertz CT molecular complexity index is 400. The number of nitrogens with zero attached hydrogens (tertiary/aromatic N) is 2. The first-order valence-corrected chi connectivity index (χ1v) is 7.38. The predicted octanol–water partition coefficient (Wildman–Crippen LogP) is 3.22. The van der Waals surface area contributed by atoms with Crippen molar-refractivity contribution in [2.24, 2.45) is 10.7 Å². The van der Waals surface area contributed by atoms with Gasteiger partial charge < -0.3 is 15.8 Å². The molecule has 3 N–H and O–H groups in total. The summed E-state index contributed by atoms with van der Waals surface area (Å²) in [7, 11) is 0. The lowest BCUT2D eigenvalue weighted by Gasteiger charge is -2.07. The van der Waals surface area contributed by atoms with E-state index in [-0.39, 0.29) is 24.0 Å². The summed E-state index contributed by atoms with van der Waals surface area (Å²) in [5, 5.41) is 3.60. The zero-order chi connectivity index (χ0) is 14.6. The average molecular weight is 427 g/mol. The third kappa shape index (κ3) is 10.6. The number of hydrogen-bond donors (Lipinski definition) is 2. The topological polar surface area (TPSA) is 72.5 Å². The van der Waals surface area contributed by atoms with Crippen molar-refractivity contribution < 1.29 is 4.74 Å². The molecule has 0 radical (unpaired) electrons. The number of ether oxygens (including phenoxy) is 1. The third-order valence-corrected chi connectivity index (χ3v) is 2.88. The molecular formula is C14H24ClIN4O. The van der Waals surface area contributed by atoms with E-state index in [1.165, 1.54) is 19.3 Å². The number of aliphatic imine (C=N–C) groups is 1. The number of aromatic nitrogens is 1. The van der Waals surface area contributed by atoms with Crippen LogP contribution >= 0.6 is 35.6 Å². The Kier molecular flexibility index (Phi) is 12.5. The zero-order valence-corrected chi connectivity index (χ0v) is 15.4. The van der Waals surface area contributed by atoms with E-state index in [4.69, 9.17) is 22.1 Å². The minimum absolute atomic E-state index is 0. The molecule has 0 saturated heterocycles. The fraction of sp³-hybridized carbons (Fsp3) is 0.571. The van der Waals surface area contributed by atoms with E-state index in [9.17, 15) is 0 Å². The van der Waals surface area contributed by atoms with Gasteiger partial charge in [0.25, 0.3) is 0 Å². The van der Waals surface area contributed by atoms with Crippen molar-refractivity contribution in [3.63, 3.8) is 0 Å². The normalized spacial score (nSPS) is 10.9. The minimum atomic E-state index is 0. The third-order valence-electron chi connectivity index (χ3n) is 2.65. The molecule has 0 unspecified atom stereocenters. The van der Waals surface area contributed by atoms with E-state index in [1.807, 2.05) is 0 Å². The fourth-order valence-electron chi connectivity index (χ4n) is 1.58. The molecule has 0 amide bonds. The number of halogens is 2. The average Bonchev–Trinajstić information content (AvgIpc) is 2.45. The van der Waals surface area contributed by atoms with Crippen molar-refractivity contribution in [3.8, 4) is 5.88 Å². The Morgan fingerprint density at radius 2 is 2.19 bits per heavy atom. The Morgan fingerprint density at radius 3 is 2.86 bits per heavy atom. The number of nitrogens with one attached hydrogen (secondary N) is 1. The molecule has 1 heterocycles. The van der Waals surface area contributed by atoms with Gasteiger partial charge >= 0.3 is 0 Å². The SMILES string of the molecule is CCCCCCN=C(N)NCCOc1ccc(Cl)cn1.I. The second kappa shape index (κ2) is 12.9. The Labute approximate surface area is 148 Å². The summed E-state index contributed by atoms with van der Waals surface area (Å²) in [4.78, 5) is 8.28. The van der Waals surface area contributed by atoms with Gasteiger partial charge in [-0.15, -0.1) is 24.0 Å². The first-order chi connectivity index (χ1) is 9.72. The molecule has 0 bridgehead atoms. The minimum Gasteiger partial charge on any atom is -0.476 e. The standard InChI is InChI=1S/C14H23ClN4O.HI/c1-2-3-4-5-8-17-14(16)18-9-10-20-13-7-6-12(15)11-19-13;/h6-7,11H,2-5,8-10H2,1H3,(H3,16,17,18);1H. The molecule has 0 atom stereocenters. The maximum atomic E-state index is 5.74. The Hall–Kier alpha value is -0.760. The Balaban J connectivity index is 0.00000400. The molecule has 7 heteroatoms. The van der Waals surface area contributed by atoms with Gasteiger partial charge in [-0.1, -0.05) is 37.8 Å². The van der Waals surface area contributed by atoms with Crippen molar-refractivity contribution >= 4 is 41.5 Å². The summed E-state index contributed by atoms with van der Waals surface area (Å²) in [5.74, 6) is 1.01. The van der Waals surface area contributed by atoms with Crippen molar-refractivity contribution in [1.29, 1.82) is 0 Å². The van der Waals surface area contributed by atoms with Crippen molar-refractivity contribution in [2.75, 3.05) is 19.7 Å². The summed E-state index contributed by atoms with van der Waals surface area (Å²) in [6, 6.07) is 3.47. The monoisotopic (exact) mass is 426 g/mol. The maximum absolute atomic E-state index is 5.74. The Morgan fingerprint density at radius 1 is 1.38 bits per heavy atom. The molecule has 1 aromatic rings. The second-order valence-electron chi connectivity index (χ2n) is 4.42. The summed E-state index contributed by atoms with van der Waals surface area (Å²) in [6.07, 6.45) is 6.33. The van der Waals surface area contributed by atoms with Crippen LogP contribution in [0.4, 0.5) is 0 Å². The van der Waals surface area contributed by atoms with Gasteiger partial charge in [0.2, 0.25) is 5.88 Å². The van der Waals surface area contributed by atoms with Crippen molar-refractivity contribution in [3.05, 3.63) is 23.4 Å². The van der Waals surface area contributed by atoms with E-state index < -0.39 is 0 Å². The van der Waals surface area contributed by atoms with Crippen LogP contribution in [0.2, 0.25) is 5.02 Å². The highest BCUT2D eigenvalue weighted by Crippen LogP contribution is 2.10. The second-order valence-corrected chi connectivity index (χ2v) is 4.85. The number of guanidine groups is 1. The number of nitrogens with two attached hydrogens (primary N) is 1. The van der Waals surface area contributed by atoms with Crippen LogP contribution in [0.3, 0.4) is 0 Å². The lowest BCUT2D eigenvalue weighted by atomic mass is 10.2. The number of pyridine rings is 1. The summed E-state index contributed by atoms with van der Waals surface area (Å²) in [6.45, 7) is 4.03. The van der Waals surface area contributed by atoms with E-state index >= 15 is 0 Å². The number of rotatable bonds is 9. The van der Waals surface area contributed by atoms with Gasteiger partial charge in [0.15, 0.2) is 5.96 Å². The van der Waals surface area contributed by atoms with Gasteiger partial charge in [0.05, 0.1) is 11.6 Å². The van der Waals surface area contributed by atoms with E-state index in [2.05, 4.69) is 22.2 Å². The molecule has 0 aromatic carbocycles. The molecule has 5 nitrogen and oxygen atoms in total. The molecule has 0 saturated carbocycles. The van der Waals surface area contributed by atoms with Crippen LogP contribution in [0.25, 0.3) is 0 Å². The van der Waals surface area contributed by atoms with Gasteiger partial charge in [0.1, 0.15) is 6.61 Å². The predicted molar refractivity (Wildman–Crippen MR) is 98.8 cm³/mol. The van der Waals surface area contributed by atoms with E-state index in [1.54, 1.807) is 18.3 Å². The van der Waals surface area contributed by atoms with Gasteiger partial charge in [-0.05, 0) is 12.5 Å². The van der Waals surface area contributed by atoms with Crippen LogP contribution in [0, 0.1) is 0 Å². The molecule has 1 rings (SSSR count). The molecule has 21 heavy (non-hydrogen) atoms. The van der Waals surface area contributed by atoms with Crippen molar-refractivity contribution in [1.82, 2.24) is 10.3 Å². The zero-order valence-electron chi connectivity index (χ0n) is 12.3. The molecular weight excluding hydrogens is 403 g/mol. The van der Waals surface area contributed by atoms with Crippen LogP contribution in [0.15, 0.2) is 23.3 Å². The highest BCUT2D eigenvalue weighted by Gasteiger charge is 1.96. The maximum Gasteiger partial charge on any atom is 0.213 e. The van der Waals surface area contributed by atoms with Gasteiger partial charge in [-0.3, -0.25) is 4.99 Å². The molecule has 0 aliphatic carbocycles. The first kappa shape index (κ1) is 20.2. The molecule has 120 valence electrons. The quantitative estimate of drug-likeness (QED) is 0.275. The highest BCUT2D eigenvalue weighted by molar-refractivity contribution is 14.0. The van der Waals surface area contributed by atoms with Crippen LogP contribution in [0.5, 0.6) is 5.88 Å². The summed E-state index contributed by atoms with van der Waals surface area (Å²) in [5.41, 5.74) is 5.74. The largest absolute Gasteiger partial charge is 0.476 e. The summed E-state index contributed by atoms with van der Waals surface area (Å²) < 4.78 is 5.43. The lowest BCUT2D eigenvalue weighted by Crippen LogP contribution is -2.34. The van der Waals surface area contributed by atoms with Crippen molar-refractivity contribution in [2.45, 2.75) is 32.6 Å². The van der Waals surface area contributed by atoms with Crippen LogP contribution in [0.1, 0.15) is 32.6 Å². The van der Waals surface area contributed by atoms with Gasteiger partial charge in [-0.2, -0.15) is 0 Å². The number of hydrogen-bond acceptors (Lipinski definition) is 3. The lowest BCUT2D eigenvalue weighted by molar-refractivity contribution is 0.310. The van der Waals surface area contributed by atoms with E-state index in [0.29, 0.717) is 30.0 Å². The molecule has 0 fully saturated rings. The smallest absolute Gasteiger partial charge is 0.213 e. The number of unbranched alkanes of at least 4 members (excludes halogenated alkanes) is 3. The van der Waals surface area contributed by atoms with Gasteiger partial charge in [-0.25, -0.2) is 4.98 Å². The van der Waals surface area contributed by atoms with Crippen LogP contribution in [-0.2, 0) is 0 Å².